The minimum Gasteiger partial charge on any atom is -0.507 e. The van der Waals surface area contributed by atoms with Crippen LogP contribution in [0.5, 0.6) is 5.75 Å². The van der Waals surface area contributed by atoms with Crippen molar-refractivity contribution < 1.29 is 19.4 Å². The first-order valence-corrected chi connectivity index (χ1v) is 9.89. The summed E-state index contributed by atoms with van der Waals surface area (Å²) >= 11 is 0. The Kier molecular flexibility index (Phi) is 6.06. The van der Waals surface area contributed by atoms with E-state index in [2.05, 4.69) is 0 Å². The molecule has 1 saturated heterocycles. The van der Waals surface area contributed by atoms with E-state index in [4.69, 9.17) is 4.74 Å². The molecule has 152 valence electrons. The normalized spacial score (nSPS) is 18.3. The second kappa shape index (κ2) is 8.52. The first kappa shape index (κ1) is 20.6. The van der Waals surface area contributed by atoms with Gasteiger partial charge >= 0.3 is 0 Å². The summed E-state index contributed by atoms with van der Waals surface area (Å²) in [4.78, 5) is 27.5. The number of benzene rings is 2. The second-order valence-corrected chi connectivity index (χ2v) is 7.41. The molecule has 29 heavy (non-hydrogen) atoms. The van der Waals surface area contributed by atoms with Crippen LogP contribution in [0, 0.1) is 13.8 Å². The molecule has 1 fully saturated rings. The van der Waals surface area contributed by atoms with Crippen LogP contribution >= 0.6 is 0 Å². The van der Waals surface area contributed by atoms with Crippen molar-refractivity contribution in [1.29, 1.82) is 0 Å². The molecule has 0 saturated carbocycles. The van der Waals surface area contributed by atoms with Crippen LogP contribution in [0.2, 0.25) is 0 Å². The van der Waals surface area contributed by atoms with Crippen LogP contribution in [0.4, 0.5) is 0 Å². The number of unbranched alkanes of at least 4 members (excludes halogenated alkanes) is 1. The van der Waals surface area contributed by atoms with Gasteiger partial charge in [0.15, 0.2) is 0 Å². The number of carbonyl (C=O) groups excluding carboxylic acids is 2. The minimum atomic E-state index is -0.683. The van der Waals surface area contributed by atoms with Gasteiger partial charge < -0.3 is 14.7 Å². The maximum atomic E-state index is 13.0. The summed E-state index contributed by atoms with van der Waals surface area (Å²) in [6.07, 6.45) is 1.65. The van der Waals surface area contributed by atoms with Crippen LogP contribution < -0.4 is 4.74 Å². The van der Waals surface area contributed by atoms with Gasteiger partial charge in [0.2, 0.25) is 0 Å². The number of hydrogen-bond acceptors (Lipinski definition) is 4. The monoisotopic (exact) mass is 393 g/mol. The number of hydrogen-bond donors (Lipinski definition) is 1. The van der Waals surface area contributed by atoms with Gasteiger partial charge in [0.25, 0.3) is 11.7 Å². The number of amides is 1. The maximum Gasteiger partial charge on any atom is 0.295 e. The Hall–Kier alpha value is -3.08. The zero-order valence-electron chi connectivity index (χ0n) is 17.4. The number of methoxy groups -OCH3 is 1. The lowest BCUT2D eigenvalue weighted by atomic mass is 9.92. The van der Waals surface area contributed by atoms with Crippen molar-refractivity contribution in [2.24, 2.45) is 0 Å². The fraction of sp³-hybridized carbons (Fsp3) is 0.333. The van der Waals surface area contributed by atoms with Crippen molar-refractivity contribution in [2.75, 3.05) is 13.7 Å². The van der Waals surface area contributed by atoms with Crippen molar-refractivity contribution in [2.45, 2.75) is 39.7 Å². The SMILES string of the molecule is CCCCN1C(=O)C(=O)/C(=C(/O)c2cc(C)ccc2C)C1c1ccccc1OC. The number of para-hydroxylation sites is 1. The number of likely N-dealkylation sites (tertiary alicyclic amines) is 1. The van der Waals surface area contributed by atoms with Crippen LogP contribution in [-0.4, -0.2) is 35.4 Å². The number of Topliss-reactive ketones (excluding diaryl/α,β-unsaturated/α-hetero) is 1. The Morgan fingerprint density at radius 2 is 1.86 bits per heavy atom. The van der Waals surface area contributed by atoms with Gasteiger partial charge in [-0.3, -0.25) is 9.59 Å². The first-order chi connectivity index (χ1) is 13.9. The van der Waals surface area contributed by atoms with Gasteiger partial charge in [0, 0.05) is 17.7 Å². The number of nitrogens with zero attached hydrogens (tertiary/aromatic N) is 1. The van der Waals surface area contributed by atoms with Crippen molar-refractivity contribution in [3.05, 3.63) is 70.3 Å². The molecule has 5 heteroatoms. The van der Waals surface area contributed by atoms with Crippen LogP contribution in [0.15, 0.2) is 48.0 Å². The fourth-order valence-electron chi connectivity index (χ4n) is 3.79. The van der Waals surface area contributed by atoms with E-state index in [-0.39, 0.29) is 11.3 Å². The van der Waals surface area contributed by atoms with Crippen molar-refractivity contribution >= 4 is 17.4 Å². The quantitative estimate of drug-likeness (QED) is 0.445. The number of ketones is 1. The van der Waals surface area contributed by atoms with E-state index in [0.717, 1.165) is 24.0 Å². The van der Waals surface area contributed by atoms with E-state index in [1.54, 1.807) is 18.1 Å². The van der Waals surface area contributed by atoms with Gasteiger partial charge in [0.1, 0.15) is 11.5 Å². The predicted octanol–water partition coefficient (Wildman–Crippen LogP) is 4.53. The maximum absolute atomic E-state index is 13.0. The summed E-state index contributed by atoms with van der Waals surface area (Å²) < 4.78 is 5.50. The van der Waals surface area contributed by atoms with Gasteiger partial charge in [-0.05, 0) is 38.0 Å². The molecular formula is C24H27NO4. The number of aliphatic hydroxyl groups is 1. The van der Waals surface area contributed by atoms with Gasteiger partial charge in [-0.2, -0.15) is 0 Å². The number of aryl methyl sites for hydroxylation is 2. The molecule has 1 aliphatic heterocycles. The van der Waals surface area contributed by atoms with Gasteiger partial charge in [-0.25, -0.2) is 0 Å². The van der Waals surface area contributed by atoms with Crippen LogP contribution in [0.25, 0.3) is 5.76 Å². The van der Waals surface area contributed by atoms with Crippen LogP contribution in [0.3, 0.4) is 0 Å². The average molecular weight is 393 g/mol. The summed E-state index contributed by atoms with van der Waals surface area (Å²) in [5.41, 5.74) is 3.18. The van der Waals surface area contributed by atoms with Gasteiger partial charge in [-0.15, -0.1) is 0 Å². The highest BCUT2D eigenvalue weighted by atomic mass is 16.5. The largest absolute Gasteiger partial charge is 0.507 e. The highest BCUT2D eigenvalue weighted by molar-refractivity contribution is 6.46. The van der Waals surface area contributed by atoms with Gasteiger partial charge in [0.05, 0.1) is 18.7 Å². The first-order valence-electron chi connectivity index (χ1n) is 9.89. The van der Waals surface area contributed by atoms with E-state index in [1.807, 2.05) is 57.2 Å². The summed E-state index contributed by atoms with van der Waals surface area (Å²) in [6.45, 7) is 6.27. The number of rotatable bonds is 6. The Balaban J connectivity index is 2.25. The number of carbonyl (C=O) groups is 2. The molecule has 1 atom stereocenters. The second-order valence-electron chi connectivity index (χ2n) is 7.41. The third-order valence-corrected chi connectivity index (χ3v) is 5.37. The number of ether oxygens (including phenoxy) is 1. The van der Waals surface area contributed by atoms with Crippen molar-refractivity contribution in [3.8, 4) is 5.75 Å². The molecule has 1 unspecified atom stereocenters. The zero-order chi connectivity index (χ0) is 21.1. The lowest BCUT2D eigenvalue weighted by Gasteiger charge is -2.26. The van der Waals surface area contributed by atoms with Crippen molar-refractivity contribution in [3.63, 3.8) is 0 Å². The summed E-state index contributed by atoms with van der Waals surface area (Å²) in [5.74, 6) is -0.802. The van der Waals surface area contributed by atoms with Gasteiger partial charge in [-0.1, -0.05) is 49.2 Å². The molecule has 2 aromatic carbocycles. The molecule has 1 aliphatic rings. The summed E-state index contributed by atoms with van der Waals surface area (Å²) in [7, 11) is 1.56. The van der Waals surface area contributed by atoms with Crippen molar-refractivity contribution in [1.82, 2.24) is 4.90 Å². The summed E-state index contributed by atoms with van der Waals surface area (Å²) in [5, 5.41) is 11.2. The standard InChI is InChI=1S/C24H27NO4/c1-5-6-13-25-21(17-9-7-8-10-19(17)29-4)20(23(27)24(25)28)22(26)18-14-15(2)11-12-16(18)3/h7-12,14,21,26H,5-6,13H2,1-4H3/b22-20+. The molecule has 5 nitrogen and oxygen atoms in total. The lowest BCUT2D eigenvalue weighted by Crippen LogP contribution is -2.30. The average Bonchev–Trinajstić information content (AvgIpc) is 2.97. The molecule has 1 heterocycles. The zero-order valence-corrected chi connectivity index (χ0v) is 17.4. The smallest absolute Gasteiger partial charge is 0.295 e. The third-order valence-electron chi connectivity index (χ3n) is 5.37. The van der Waals surface area contributed by atoms with E-state index < -0.39 is 17.7 Å². The summed E-state index contributed by atoms with van der Waals surface area (Å²) in [6, 6.07) is 12.3. The Morgan fingerprint density at radius 3 is 2.55 bits per heavy atom. The lowest BCUT2D eigenvalue weighted by molar-refractivity contribution is -0.139. The predicted molar refractivity (Wildman–Crippen MR) is 113 cm³/mol. The fourth-order valence-corrected chi connectivity index (χ4v) is 3.79. The topological polar surface area (TPSA) is 66.8 Å². The minimum absolute atomic E-state index is 0.115. The van der Waals surface area contributed by atoms with E-state index >= 15 is 0 Å². The van der Waals surface area contributed by atoms with Crippen LogP contribution in [-0.2, 0) is 9.59 Å². The molecule has 2 aromatic rings. The van der Waals surface area contributed by atoms with E-state index in [9.17, 15) is 14.7 Å². The van der Waals surface area contributed by atoms with E-state index in [1.165, 1.54) is 0 Å². The molecule has 0 spiro atoms. The molecule has 1 N–H and O–H groups in total. The molecule has 0 radical (unpaired) electrons. The Bertz CT molecular complexity index is 977. The molecular weight excluding hydrogens is 366 g/mol. The Morgan fingerprint density at radius 1 is 1.14 bits per heavy atom. The highest BCUT2D eigenvalue weighted by Crippen LogP contribution is 2.43. The van der Waals surface area contributed by atoms with Crippen LogP contribution in [0.1, 0.15) is 48.1 Å². The molecule has 0 bridgehead atoms. The molecule has 0 aliphatic carbocycles. The molecule has 3 rings (SSSR count). The number of aliphatic hydroxyl groups excluding tert-OH is 1. The van der Waals surface area contributed by atoms with E-state index in [0.29, 0.717) is 23.4 Å². The Labute approximate surface area is 171 Å². The molecule has 0 aromatic heterocycles. The molecule has 1 amide bonds. The highest BCUT2D eigenvalue weighted by Gasteiger charge is 2.46. The third kappa shape index (κ3) is 3.77.